The van der Waals surface area contributed by atoms with Gasteiger partial charge in [-0.1, -0.05) is 18.2 Å². The van der Waals surface area contributed by atoms with Crippen LogP contribution in [-0.4, -0.2) is 25.3 Å². The van der Waals surface area contributed by atoms with Crippen LogP contribution < -0.4 is 9.88 Å². The zero-order chi connectivity index (χ0) is 13.2. The van der Waals surface area contributed by atoms with Crippen molar-refractivity contribution in [2.75, 3.05) is 7.11 Å². The third kappa shape index (κ3) is 2.69. The Labute approximate surface area is 105 Å². The summed E-state index contributed by atoms with van der Waals surface area (Å²) in [4.78, 5) is -0.00241. The predicted octanol–water partition coefficient (Wildman–Crippen LogP) is 0.587. The molecule has 2 rings (SSSR count). The van der Waals surface area contributed by atoms with Crippen molar-refractivity contribution >= 4 is 10.0 Å². The molecule has 0 amide bonds. The average Bonchev–Trinajstić information content (AvgIpc) is 2.78. The summed E-state index contributed by atoms with van der Waals surface area (Å²) in [6, 6.07) is 7.46. The Morgan fingerprint density at radius 2 is 2.11 bits per heavy atom. The smallest absolute Gasteiger partial charge is 0.241 e. The van der Waals surface area contributed by atoms with E-state index in [1.165, 1.54) is 17.1 Å². The summed E-state index contributed by atoms with van der Waals surface area (Å²) in [6.07, 6.45) is 2.62. The molecule has 0 bridgehead atoms. The SMILES string of the molecule is COc1ccccc1Cn1cc(S(N)(=O)=O)cn1. The highest BCUT2D eigenvalue weighted by Crippen LogP contribution is 2.18. The number of hydrogen-bond acceptors (Lipinski definition) is 4. The molecule has 96 valence electrons. The maximum Gasteiger partial charge on any atom is 0.241 e. The molecule has 7 heteroatoms. The van der Waals surface area contributed by atoms with Gasteiger partial charge >= 0.3 is 0 Å². The van der Waals surface area contributed by atoms with Gasteiger partial charge in [0.25, 0.3) is 0 Å². The lowest BCUT2D eigenvalue weighted by molar-refractivity contribution is 0.407. The van der Waals surface area contributed by atoms with E-state index in [9.17, 15) is 8.42 Å². The minimum Gasteiger partial charge on any atom is -0.496 e. The van der Waals surface area contributed by atoms with Crippen LogP contribution >= 0.6 is 0 Å². The lowest BCUT2D eigenvalue weighted by Crippen LogP contribution is -2.11. The highest BCUT2D eigenvalue weighted by Gasteiger charge is 2.11. The quantitative estimate of drug-likeness (QED) is 0.878. The highest BCUT2D eigenvalue weighted by molar-refractivity contribution is 7.89. The molecule has 1 aromatic heterocycles. The Bertz CT molecular complexity index is 649. The summed E-state index contributed by atoms with van der Waals surface area (Å²) >= 11 is 0. The van der Waals surface area contributed by atoms with Crippen LogP contribution in [0.5, 0.6) is 5.75 Å². The molecule has 2 N–H and O–H groups in total. The van der Waals surface area contributed by atoms with Crippen LogP contribution in [0.15, 0.2) is 41.6 Å². The van der Waals surface area contributed by atoms with Gasteiger partial charge in [0.15, 0.2) is 0 Å². The molecule has 0 spiro atoms. The molecular weight excluding hydrogens is 254 g/mol. The molecule has 18 heavy (non-hydrogen) atoms. The number of benzene rings is 1. The molecule has 0 aliphatic heterocycles. The fourth-order valence-electron chi connectivity index (χ4n) is 1.59. The topological polar surface area (TPSA) is 87.2 Å². The van der Waals surface area contributed by atoms with E-state index in [4.69, 9.17) is 9.88 Å². The Kier molecular flexibility index (Phi) is 3.35. The fraction of sp³-hybridized carbons (Fsp3) is 0.182. The largest absolute Gasteiger partial charge is 0.496 e. The van der Waals surface area contributed by atoms with Crippen molar-refractivity contribution in [2.45, 2.75) is 11.4 Å². The maximum absolute atomic E-state index is 11.1. The second-order valence-corrected chi connectivity index (χ2v) is 5.29. The van der Waals surface area contributed by atoms with E-state index in [0.717, 1.165) is 11.3 Å². The van der Waals surface area contributed by atoms with Crippen molar-refractivity contribution in [3.05, 3.63) is 42.2 Å². The lowest BCUT2D eigenvalue weighted by atomic mass is 10.2. The zero-order valence-electron chi connectivity index (χ0n) is 9.78. The summed E-state index contributed by atoms with van der Waals surface area (Å²) in [7, 11) is -2.12. The van der Waals surface area contributed by atoms with Crippen LogP contribution in [0.4, 0.5) is 0 Å². The first-order valence-electron chi connectivity index (χ1n) is 5.18. The molecule has 0 aliphatic rings. The molecular formula is C11H13N3O3S. The van der Waals surface area contributed by atoms with Gasteiger partial charge in [-0.25, -0.2) is 13.6 Å². The van der Waals surface area contributed by atoms with Gasteiger partial charge in [-0.3, -0.25) is 4.68 Å². The van der Waals surface area contributed by atoms with Gasteiger partial charge in [-0.2, -0.15) is 5.10 Å². The van der Waals surface area contributed by atoms with E-state index < -0.39 is 10.0 Å². The van der Waals surface area contributed by atoms with E-state index in [0.29, 0.717) is 6.54 Å². The van der Waals surface area contributed by atoms with E-state index >= 15 is 0 Å². The van der Waals surface area contributed by atoms with Gasteiger partial charge in [0, 0.05) is 11.8 Å². The summed E-state index contributed by atoms with van der Waals surface area (Å²) in [5, 5.41) is 8.97. The normalized spacial score (nSPS) is 11.4. The summed E-state index contributed by atoms with van der Waals surface area (Å²) < 4.78 is 28.9. The van der Waals surface area contributed by atoms with Crippen LogP contribution in [0, 0.1) is 0 Å². The average molecular weight is 267 g/mol. The third-order valence-corrected chi connectivity index (χ3v) is 3.33. The minimum atomic E-state index is -3.70. The van der Waals surface area contributed by atoms with Gasteiger partial charge in [0.2, 0.25) is 10.0 Å². The van der Waals surface area contributed by atoms with Gasteiger partial charge in [0.1, 0.15) is 10.6 Å². The number of nitrogens with zero attached hydrogens (tertiary/aromatic N) is 2. The molecule has 0 unspecified atom stereocenters. The molecule has 2 aromatic rings. The summed E-state index contributed by atoms with van der Waals surface area (Å²) in [6.45, 7) is 0.416. The molecule has 0 saturated heterocycles. The molecule has 0 fully saturated rings. The van der Waals surface area contributed by atoms with Crippen LogP contribution in [-0.2, 0) is 16.6 Å². The summed E-state index contributed by atoms with van der Waals surface area (Å²) in [5.41, 5.74) is 0.907. The second-order valence-electron chi connectivity index (χ2n) is 3.73. The molecule has 1 aromatic carbocycles. The molecule has 0 radical (unpaired) electrons. The fourth-order valence-corrected chi connectivity index (χ4v) is 2.05. The van der Waals surface area contributed by atoms with Crippen LogP contribution in [0.25, 0.3) is 0 Å². The van der Waals surface area contributed by atoms with Crippen LogP contribution in [0.1, 0.15) is 5.56 Å². The van der Waals surface area contributed by atoms with Gasteiger partial charge in [-0.05, 0) is 6.07 Å². The van der Waals surface area contributed by atoms with Crippen molar-refractivity contribution in [3.8, 4) is 5.75 Å². The van der Waals surface area contributed by atoms with Crippen molar-refractivity contribution in [1.82, 2.24) is 9.78 Å². The number of hydrogen-bond donors (Lipinski definition) is 1. The number of methoxy groups -OCH3 is 1. The Balaban J connectivity index is 2.27. The number of aromatic nitrogens is 2. The molecule has 0 aliphatic carbocycles. The summed E-state index contributed by atoms with van der Waals surface area (Å²) in [5.74, 6) is 0.727. The van der Waals surface area contributed by atoms with E-state index in [1.807, 2.05) is 24.3 Å². The van der Waals surface area contributed by atoms with Crippen molar-refractivity contribution in [1.29, 1.82) is 0 Å². The first-order valence-corrected chi connectivity index (χ1v) is 6.72. The van der Waals surface area contributed by atoms with E-state index in [-0.39, 0.29) is 4.90 Å². The first kappa shape index (κ1) is 12.6. The third-order valence-electron chi connectivity index (χ3n) is 2.46. The monoisotopic (exact) mass is 267 g/mol. The standard InChI is InChI=1S/C11H13N3O3S/c1-17-11-5-3-2-4-9(11)7-14-8-10(6-13-14)18(12,15)16/h2-6,8H,7H2,1H3,(H2,12,15,16). The van der Waals surface area contributed by atoms with Gasteiger partial charge in [-0.15, -0.1) is 0 Å². The highest BCUT2D eigenvalue weighted by atomic mass is 32.2. The number of ether oxygens (including phenoxy) is 1. The number of nitrogens with two attached hydrogens (primary N) is 1. The van der Waals surface area contributed by atoms with Crippen LogP contribution in [0.3, 0.4) is 0 Å². The maximum atomic E-state index is 11.1. The number of para-hydroxylation sites is 1. The van der Waals surface area contributed by atoms with Gasteiger partial charge in [0.05, 0.1) is 19.9 Å². The molecule has 6 nitrogen and oxygen atoms in total. The number of primary sulfonamides is 1. The Hall–Kier alpha value is -1.86. The Morgan fingerprint density at radius 3 is 2.72 bits per heavy atom. The lowest BCUT2D eigenvalue weighted by Gasteiger charge is -2.07. The van der Waals surface area contributed by atoms with Crippen molar-refractivity contribution in [3.63, 3.8) is 0 Å². The zero-order valence-corrected chi connectivity index (χ0v) is 10.6. The van der Waals surface area contributed by atoms with Crippen molar-refractivity contribution in [2.24, 2.45) is 5.14 Å². The van der Waals surface area contributed by atoms with E-state index in [1.54, 1.807) is 7.11 Å². The number of rotatable bonds is 4. The Morgan fingerprint density at radius 1 is 1.39 bits per heavy atom. The number of sulfonamides is 1. The minimum absolute atomic E-state index is 0.00241. The first-order chi connectivity index (χ1) is 8.50. The second kappa shape index (κ2) is 4.79. The molecule has 0 saturated carbocycles. The van der Waals surface area contributed by atoms with Gasteiger partial charge < -0.3 is 4.74 Å². The van der Waals surface area contributed by atoms with E-state index in [2.05, 4.69) is 5.10 Å². The molecule has 1 heterocycles. The predicted molar refractivity (Wildman–Crippen MR) is 65.7 cm³/mol. The van der Waals surface area contributed by atoms with Crippen molar-refractivity contribution < 1.29 is 13.2 Å². The molecule has 0 atom stereocenters. The van der Waals surface area contributed by atoms with Crippen LogP contribution in [0.2, 0.25) is 0 Å².